The van der Waals surface area contributed by atoms with Crippen LogP contribution in [0.5, 0.6) is 11.5 Å². The molecule has 0 aromatic heterocycles. The van der Waals surface area contributed by atoms with Gasteiger partial charge in [0.2, 0.25) is 0 Å². The fourth-order valence-electron chi connectivity index (χ4n) is 3.03. The Hall–Kier alpha value is -2.89. The molecule has 0 spiro atoms. The number of nitrogens with one attached hydrogen (secondary N) is 1. The minimum Gasteiger partial charge on any atom is -0.490 e. The quantitative estimate of drug-likeness (QED) is 0.377. The van der Waals surface area contributed by atoms with Gasteiger partial charge in [-0.2, -0.15) is 0 Å². The zero-order valence-corrected chi connectivity index (χ0v) is 18.8. The van der Waals surface area contributed by atoms with E-state index in [1.807, 2.05) is 38.1 Å². The van der Waals surface area contributed by atoms with E-state index in [9.17, 15) is 9.90 Å². The molecule has 0 fully saturated rings. The second-order valence-electron chi connectivity index (χ2n) is 6.91. The smallest absolute Gasteiger partial charge is 0.335 e. The minimum absolute atomic E-state index is 0.226. The van der Waals surface area contributed by atoms with Gasteiger partial charge < -0.3 is 19.9 Å². The van der Waals surface area contributed by atoms with Crippen LogP contribution in [-0.2, 0) is 13.2 Å². The molecular formula is C24H23Cl2NO4. The largest absolute Gasteiger partial charge is 0.490 e. The summed E-state index contributed by atoms with van der Waals surface area (Å²) in [5, 5.41) is 13.5. The predicted molar refractivity (Wildman–Crippen MR) is 124 cm³/mol. The topological polar surface area (TPSA) is 67.8 Å². The molecule has 0 aliphatic heterocycles. The van der Waals surface area contributed by atoms with Crippen LogP contribution in [0.15, 0.2) is 54.6 Å². The second-order valence-corrected chi connectivity index (χ2v) is 7.72. The Morgan fingerprint density at radius 2 is 1.81 bits per heavy atom. The Morgan fingerprint density at radius 1 is 1.03 bits per heavy atom. The third kappa shape index (κ3) is 5.84. The van der Waals surface area contributed by atoms with Gasteiger partial charge in [-0.05, 0) is 55.3 Å². The Bertz CT molecular complexity index is 1090. The first kappa shape index (κ1) is 22.8. The summed E-state index contributed by atoms with van der Waals surface area (Å²) >= 11 is 12.7. The molecule has 0 unspecified atom stereocenters. The van der Waals surface area contributed by atoms with Crippen LogP contribution in [0.25, 0.3) is 0 Å². The Morgan fingerprint density at radius 3 is 2.52 bits per heavy atom. The van der Waals surface area contributed by atoms with Gasteiger partial charge in [-0.15, -0.1) is 0 Å². The zero-order chi connectivity index (χ0) is 22.4. The molecule has 0 aliphatic rings. The molecule has 3 aromatic rings. The average molecular weight is 460 g/mol. The number of halogens is 2. The summed E-state index contributed by atoms with van der Waals surface area (Å²) < 4.78 is 11.7. The van der Waals surface area contributed by atoms with Crippen LogP contribution >= 0.6 is 23.2 Å². The third-order valence-corrected chi connectivity index (χ3v) is 5.32. The van der Waals surface area contributed by atoms with Crippen LogP contribution in [0.1, 0.15) is 34.0 Å². The van der Waals surface area contributed by atoms with Gasteiger partial charge in [0.1, 0.15) is 6.61 Å². The second kappa shape index (κ2) is 10.4. The van der Waals surface area contributed by atoms with Crippen molar-refractivity contribution in [2.24, 2.45) is 0 Å². The van der Waals surface area contributed by atoms with E-state index in [1.54, 1.807) is 30.3 Å². The van der Waals surface area contributed by atoms with Gasteiger partial charge >= 0.3 is 5.97 Å². The van der Waals surface area contributed by atoms with Crippen molar-refractivity contribution in [3.63, 3.8) is 0 Å². The maximum absolute atomic E-state index is 11.2. The number of carbonyl (C=O) groups is 1. The Kier molecular flexibility index (Phi) is 7.66. The van der Waals surface area contributed by atoms with E-state index in [1.165, 1.54) is 0 Å². The number of anilines is 1. The lowest BCUT2D eigenvalue weighted by molar-refractivity contribution is 0.0697. The van der Waals surface area contributed by atoms with Crippen molar-refractivity contribution < 1.29 is 19.4 Å². The molecule has 0 heterocycles. The highest BCUT2D eigenvalue weighted by Crippen LogP contribution is 2.38. The minimum atomic E-state index is -0.968. The molecule has 3 rings (SSSR count). The van der Waals surface area contributed by atoms with Gasteiger partial charge in [0.15, 0.2) is 11.5 Å². The summed E-state index contributed by atoms with van der Waals surface area (Å²) in [6.45, 7) is 4.96. The van der Waals surface area contributed by atoms with Crippen LogP contribution in [-0.4, -0.2) is 17.7 Å². The van der Waals surface area contributed by atoms with Gasteiger partial charge in [-0.3, -0.25) is 0 Å². The molecule has 0 radical (unpaired) electrons. The fourth-order valence-corrected chi connectivity index (χ4v) is 3.51. The van der Waals surface area contributed by atoms with Crippen LogP contribution in [0, 0.1) is 6.92 Å². The summed E-state index contributed by atoms with van der Waals surface area (Å²) in [5.74, 6) is 0.0239. The average Bonchev–Trinajstić information content (AvgIpc) is 2.73. The summed E-state index contributed by atoms with van der Waals surface area (Å²) in [5.41, 5.74) is 3.64. The number of aromatic carboxylic acids is 1. The first-order valence-corrected chi connectivity index (χ1v) is 10.5. The number of carboxylic acids is 1. The van der Waals surface area contributed by atoms with Crippen molar-refractivity contribution >= 4 is 34.9 Å². The SMILES string of the molecule is CCOc1cc(CNc2cc(C(=O)O)ccc2C)cc(Cl)c1OCc1ccccc1Cl. The number of rotatable bonds is 9. The van der Waals surface area contributed by atoms with Gasteiger partial charge in [0.25, 0.3) is 0 Å². The van der Waals surface area contributed by atoms with E-state index < -0.39 is 5.97 Å². The molecular weight excluding hydrogens is 437 g/mol. The number of hydrogen-bond donors (Lipinski definition) is 2. The monoisotopic (exact) mass is 459 g/mol. The lowest BCUT2D eigenvalue weighted by Gasteiger charge is -2.17. The molecule has 0 amide bonds. The van der Waals surface area contributed by atoms with Crippen LogP contribution < -0.4 is 14.8 Å². The molecule has 5 nitrogen and oxygen atoms in total. The molecule has 7 heteroatoms. The highest BCUT2D eigenvalue weighted by Gasteiger charge is 2.14. The van der Waals surface area contributed by atoms with Crippen molar-refractivity contribution in [1.82, 2.24) is 0 Å². The lowest BCUT2D eigenvalue weighted by Crippen LogP contribution is -2.06. The molecule has 0 saturated carbocycles. The number of aryl methyl sites for hydroxylation is 1. The van der Waals surface area contributed by atoms with Crippen molar-refractivity contribution in [3.8, 4) is 11.5 Å². The lowest BCUT2D eigenvalue weighted by atomic mass is 10.1. The predicted octanol–water partition coefficient (Wildman–Crippen LogP) is 6.59. The summed E-state index contributed by atoms with van der Waals surface area (Å²) in [4.78, 5) is 11.2. The molecule has 162 valence electrons. The van der Waals surface area contributed by atoms with E-state index in [2.05, 4.69) is 5.32 Å². The molecule has 0 aliphatic carbocycles. The first-order chi connectivity index (χ1) is 14.9. The normalized spacial score (nSPS) is 10.6. The molecule has 0 saturated heterocycles. The van der Waals surface area contributed by atoms with Crippen LogP contribution in [0.3, 0.4) is 0 Å². The zero-order valence-electron chi connectivity index (χ0n) is 17.2. The van der Waals surface area contributed by atoms with Crippen LogP contribution in [0.2, 0.25) is 10.0 Å². The highest BCUT2D eigenvalue weighted by molar-refractivity contribution is 6.32. The van der Waals surface area contributed by atoms with E-state index in [0.29, 0.717) is 34.7 Å². The highest BCUT2D eigenvalue weighted by atomic mass is 35.5. The number of carboxylic acid groups (broad SMARTS) is 1. The Labute approximate surface area is 191 Å². The standard InChI is InChI=1S/C24H23Cl2NO4/c1-3-30-22-11-16(13-27-21-12-17(24(28)29)9-8-15(21)2)10-20(26)23(22)31-14-18-6-4-5-7-19(18)25/h4-12,27H,3,13-14H2,1-2H3,(H,28,29). The number of ether oxygens (including phenoxy) is 2. The fraction of sp³-hybridized carbons (Fsp3) is 0.208. The van der Waals surface area contributed by atoms with Crippen LogP contribution in [0.4, 0.5) is 5.69 Å². The summed E-state index contributed by atoms with van der Waals surface area (Å²) in [6.07, 6.45) is 0. The molecule has 0 bridgehead atoms. The molecule has 3 aromatic carbocycles. The summed E-state index contributed by atoms with van der Waals surface area (Å²) in [7, 11) is 0. The molecule has 0 atom stereocenters. The first-order valence-electron chi connectivity index (χ1n) is 9.78. The number of benzene rings is 3. The van der Waals surface area contributed by atoms with Gasteiger partial charge in [0, 0.05) is 22.8 Å². The maximum Gasteiger partial charge on any atom is 0.335 e. The van der Waals surface area contributed by atoms with E-state index >= 15 is 0 Å². The van der Waals surface area contributed by atoms with Crippen molar-refractivity contribution in [1.29, 1.82) is 0 Å². The Balaban J connectivity index is 1.79. The van der Waals surface area contributed by atoms with E-state index in [4.69, 9.17) is 32.7 Å². The maximum atomic E-state index is 11.2. The number of hydrogen-bond acceptors (Lipinski definition) is 4. The van der Waals surface area contributed by atoms with E-state index in [0.717, 1.165) is 22.4 Å². The van der Waals surface area contributed by atoms with Crippen molar-refractivity contribution in [2.45, 2.75) is 27.0 Å². The van der Waals surface area contributed by atoms with E-state index in [-0.39, 0.29) is 12.2 Å². The van der Waals surface area contributed by atoms with Gasteiger partial charge in [0.05, 0.1) is 17.2 Å². The third-order valence-electron chi connectivity index (χ3n) is 4.67. The van der Waals surface area contributed by atoms with Gasteiger partial charge in [-0.1, -0.05) is 47.5 Å². The van der Waals surface area contributed by atoms with Gasteiger partial charge in [-0.25, -0.2) is 4.79 Å². The molecule has 2 N–H and O–H groups in total. The molecule has 31 heavy (non-hydrogen) atoms. The summed E-state index contributed by atoms with van der Waals surface area (Å²) in [6, 6.07) is 16.1. The van der Waals surface area contributed by atoms with Crippen molar-refractivity contribution in [2.75, 3.05) is 11.9 Å². The van der Waals surface area contributed by atoms with Crippen molar-refractivity contribution in [3.05, 3.63) is 86.9 Å².